The maximum Gasteiger partial charge on any atom is 0.434 e. The lowest BCUT2D eigenvalue weighted by Gasteiger charge is -2.31. The van der Waals surface area contributed by atoms with Gasteiger partial charge in [0.15, 0.2) is 0 Å². The van der Waals surface area contributed by atoms with Gasteiger partial charge >= 0.3 is 11.8 Å². The molecule has 2 aromatic heterocycles. The number of carbonyl (C=O) groups is 1. The van der Waals surface area contributed by atoms with Crippen LogP contribution in [-0.2, 0) is 17.8 Å². The second kappa shape index (κ2) is 11.6. The minimum absolute atomic E-state index is 0.304. The molecular weight excluding hydrogens is 526 g/mol. The Bertz CT molecular complexity index is 1720. The fourth-order valence-electron chi connectivity index (χ4n) is 6.00. The highest BCUT2D eigenvalue weighted by molar-refractivity contribution is 6.01. The van der Waals surface area contributed by atoms with E-state index in [0.29, 0.717) is 42.4 Å². The number of hydrogen-bond acceptors (Lipinski definition) is 6. The average molecular weight is 561 g/mol. The number of amides is 1. The van der Waals surface area contributed by atoms with Gasteiger partial charge in [-0.1, -0.05) is 36.9 Å². The summed E-state index contributed by atoms with van der Waals surface area (Å²) >= 11 is 0. The van der Waals surface area contributed by atoms with Crippen LogP contribution in [0.15, 0.2) is 67.5 Å². The normalized spacial score (nSPS) is 16.6. The molecule has 1 amide bonds. The maximum atomic E-state index is 11.9. The number of rotatable bonds is 7. The lowest BCUT2D eigenvalue weighted by molar-refractivity contribution is -0.599. The van der Waals surface area contributed by atoms with Gasteiger partial charge in [-0.25, -0.2) is 9.41 Å². The van der Waals surface area contributed by atoms with Crippen LogP contribution < -0.4 is 19.5 Å². The molecule has 0 aliphatic carbocycles. The summed E-state index contributed by atoms with van der Waals surface area (Å²) in [5.41, 5.74) is 5.10. The van der Waals surface area contributed by atoms with Crippen molar-refractivity contribution in [3.63, 3.8) is 0 Å². The Balaban J connectivity index is 1.40. The number of likely N-dealkylation sites (N-methyl/N-ethyl adjacent to an activating group) is 1. The van der Waals surface area contributed by atoms with Crippen molar-refractivity contribution in [2.75, 3.05) is 37.0 Å². The van der Waals surface area contributed by atoms with Gasteiger partial charge < -0.3 is 19.9 Å². The molecule has 4 aromatic rings. The van der Waals surface area contributed by atoms with Crippen molar-refractivity contribution in [3.8, 4) is 11.8 Å². The van der Waals surface area contributed by atoms with Crippen molar-refractivity contribution in [3.05, 3.63) is 95.8 Å². The third-order valence-electron chi connectivity index (χ3n) is 8.28. The van der Waals surface area contributed by atoms with Crippen LogP contribution in [0.1, 0.15) is 29.7 Å². The van der Waals surface area contributed by atoms with E-state index >= 15 is 0 Å². The van der Waals surface area contributed by atoms with Crippen LogP contribution in [0.3, 0.4) is 0 Å². The highest BCUT2D eigenvalue weighted by Crippen LogP contribution is 2.34. The highest BCUT2D eigenvalue weighted by atomic mass is 16.5. The molecule has 4 heterocycles. The van der Waals surface area contributed by atoms with Crippen LogP contribution in [0.4, 0.5) is 17.1 Å². The van der Waals surface area contributed by atoms with E-state index in [-0.39, 0.29) is 5.91 Å². The minimum atomic E-state index is -0.367. The predicted octanol–water partition coefficient (Wildman–Crippen LogP) is 4.93. The summed E-state index contributed by atoms with van der Waals surface area (Å²) in [7, 11) is 2.12. The summed E-state index contributed by atoms with van der Waals surface area (Å²) in [5.74, 6) is 0.323. The van der Waals surface area contributed by atoms with Gasteiger partial charge in [0.25, 0.3) is 0 Å². The van der Waals surface area contributed by atoms with Crippen molar-refractivity contribution in [1.82, 2.24) is 14.9 Å². The number of aromatic nitrogens is 3. The molecule has 0 spiro atoms. The van der Waals surface area contributed by atoms with Crippen LogP contribution in [0.5, 0.6) is 6.01 Å². The number of pyridine rings is 1. The first-order valence-electron chi connectivity index (χ1n) is 14.3. The molecule has 0 saturated carbocycles. The highest BCUT2D eigenvalue weighted by Gasteiger charge is 2.31. The monoisotopic (exact) mass is 560 g/mol. The smallest absolute Gasteiger partial charge is 0.434 e. The summed E-state index contributed by atoms with van der Waals surface area (Å²) in [6.45, 7) is 16.4. The number of carbonyl (C=O) groups excluding carboxylic acids is 1. The van der Waals surface area contributed by atoms with E-state index in [9.17, 15) is 4.79 Å². The van der Waals surface area contributed by atoms with Gasteiger partial charge in [-0.3, -0.25) is 4.79 Å². The van der Waals surface area contributed by atoms with Crippen molar-refractivity contribution >= 4 is 33.7 Å². The first-order chi connectivity index (χ1) is 20.4. The van der Waals surface area contributed by atoms with Crippen LogP contribution >= 0.6 is 0 Å². The Hall–Kier alpha value is -4.81. The Morgan fingerprint density at radius 1 is 1.24 bits per heavy atom. The van der Waals surface area contributed by atoms with E-state index in [1.54, 1.807) is 12.3 Å². The number of likely N-dealkylation sites (tertiary alicyclic amines) is 1. The molecule has 9 nitrogen and oxygen atoms in total. The van der Waals surface area contributed by atoms with Crippen molar-refractivity contribution in [1.29, 1.82) is 0 Å². The zero-order valence-electron chi connectivity index (χ0n) is 24.0. The Kier molecular flexibility index (Phi) is 7.55. The largest absolute Gasteiger partial charge is 0.443 e. The van der Waals surface area contributed by atoms with Crippen LogP contribution in [0.25, 0.3) is 21.4 Å². The summed E-state index contributed by atoms with van der Waals surface area (Å²) in [6, 6.07) is 15.2. The zero-order valence-corrected chi connectivity index (χ0v) is 24.0. The maximum absolute atomic E-state index is 11.9. The summed E-state index contributed by atoms with van der Waals surface area (Å²) in [5, 5.41) is 5.19. The third kappa shape index (κ3) is 5.29. The second-order valence-corrected chi connectivity index (χ2v) is 10.9. The number of aryl methyl sites for hydroxylation is 1. The molecule has 1 saturated heterocycles. The lowest BCUT2D eigenvalue weighted by Crippen LogP contribution is -2.38. The summed E-state index contributed by atoms with van der Waals surface area (Å²) < 4.78 is 8.08. The van der Waals surface area contributed by atoms with Gasteiger partial charge in [0.2, 0.25) is 11.6 Å². The number of ether oxygens (including phenoxy) is 1. The van der Waals surface area contributed by atoms with E-state index < -0.39 is 0 Å². The molecule has 1 atom stereocenters. The third-order valence-corrected chi connectivity index (χ3v) is 8.28. The summed E-state index contributed by atoms with van der Waals surface area (Å²) in [4.78, 5) is 30.1. The lowest BCUT2D eigenvalue weighted by atomic mass is 10.00. The molecule has 2 aliphatic rings. The molecule has 1 fully saturated rings. The van der Waals surface area contributed by atoms with Gasteiger partial charge in [-0.15, -0.1) is 0 Å². The average Bonchev–Trinajstić information content (AvgIpc) is 3.43. The standard InChI is InChI=1S/C33H33N7O2/c1-5-30(41)35-26-15-18-40(20-28(26)34-3)32-25-14-17-39(29-13-7-11-23-10-6-9-22(2)31(23)29)19-27(25)36-33(37-32)42-21-24-12-8-16-38(24)4/h5-7,9-11,13,15,18,20,24H,1,8,12,14,16-17,19,21H2,2,4H3/p+1/t24-/m0/s1. The van der Waals surface area contributed by atoms with Crippen molar-refractivity contribution < 1.29 is 14.1 Å². The van der Waals surface area contributed by atoms with Crippen molar-refractivity contribution in [2.45, 2.75) is 38.8 Å². The van der Waals surface area contributed by atoms with Gasteiger partial charge in [0.1, 0.15) is 12.8 Å². The number of nitrogens with zero attached hydrogens (tertiary/aromatic N) is 6. The molecule has 9 heteroatoms. The molecule has 0 radical (unpaired) electrons. The number of hydrogen-bond donors (Lipinski definition) is 1. The van der Waals surface area contributed by atoms with E-state index in [2.05, 4.69) is 76.9 Å². The van der Waals surface area contributed by atoms with Gasteiger partial charge in [0.05, 0.1) is 36.3 Å². The van der Waals surface area contributed by atoms with Gasteiger partial charge in [0, 0.05) is 35.1 Å². The van der Waals surface area contributed by atoms with Gasteiger partial charge in [-0.2, -0.15) is 4.98 Å². The molecule has 0 unspecified atom stereocenters. The first-order valence-corrected chi connectivity index (χ1v) is 14.3. The molecule has 42 heavy (non-hydrogen) atoms. The SMILES string of the molecule is [C-]#[N+]c1c[n+](-c2nc(OC[C@@H]3CCCN3C)nc3c2CCN(c2cccc4cccc(C)c24)C3)ccc1NC(=O)C=C. The van der Waals surface area contributed by atoms with E-state index in [0.717, 1.165) is 43.6 Å². The Labute approximate surface area is 245 Å². The zero-order chi connectivity index (χ0) is 29.2. The Morgan fingerprint density at radius 2 is 2.07 bits per heavy atom. The minimum Gasteiger partial charge on any atom is -0.443 e. The fraction of sp³-hybridized carbons (Fsp3) is 0.303. The van der Waals surface area contributed by atoms with E-state index in [1.165, 1.54) is 28.1 Å². The molecule has 2 aromatic carbocycles. The Morgan fingerprint density at radius 3 is 2.83 bits per heavy atom. The van der Waals surface area contributed by atoms with Crippen LogP contribution in [-0.4, -0.2) is 53.6 Å². The predicted molar refractivity (Wildman–Crippen MR) is 163 cm³/mol. The molecule has 6 rings (SSSR count). The van der Waals surface area contributed by atoms with Crippen LogP contribution in [0, 0.1) is 13.5 Å². The molecular formula is C33H34N7O2+. The van der Waals surface area contributed by atoms with E-state index in [1.807, 2.05) is 10.8 Å². The molecule has 212 valence electrons. The first kappa shape index (κ1) is 27.4. The molecule has 1 N–H and O–H groups in total. The second-order valence-electron chi connectivity index (χ2n) is 10.9. The van der Waals surface area contributed by atoms with E-state index in [4.69, 9.17) is 21.3 Å². The number of fused-ring (bicyclic) bond motifs is 2. The topological polar surface area (TPSA) is 78.8 Å². The number of anilines is 2. The molecule has 2 aliphatic heterocycles. The fourth-order valence-corrected chi connectivity index (χ4v) is 6.00. The number of nitrogens with one attached hydrogen (secondary N) is 1. The quantitative estimate of drug-likeness (QED) is 0.196. The van der Waals surface area contributed by atoms with Gasteiger partial charge in [-0.05, 0) is 62.5 Å². The van der Waals surface area contributed by atoms with Crippen LogP contribution in [0.2, 0.25) is 0 Å². The molecule has 0 bridgehead atoms. The summed E-state index contributed by atoms with van der Waals surface area (Å²) in [6.07, 6.45) is 7.67. The van der Waals surface area contributed by atoms with Crippen molar-refractivity contribution in [2.24, 2.45) is 0 Å². The number of benzene rings is 2.